The van der Waals surface area contributed by atoms with Crippen LogP contribution in [0.1, 0.15) is 40.9 Å². The highest BCUT2D eigenvalue weighted by molar-refractivity contribution is 5.92. The van der Waals surface area contributed by atoms with Crippen LogP contribution >= 0.6 is 0 Å². The molecule has 2 rings (SSSR count). The normalized spacial score (nSPS) is 12.1. The van der Waals surface area contributed by atoms with Gasteiger partial charge in [0.2, 0.25) is 5.91 Å². The molecule has 0 aliphatic heterocycles. The molecule has 0 aliphatic rings. The Balaban J connectivity index is 2.11. The van der Waals surface area contributed by atoms with Crippen LogP contribution in [-0.4, -0.2) is 5.91 Å². The third-order valence-electron chi connectivity index (χ3n) is 3.48. The Morgan fingerprint density at radius 2 is 1.95 bits per heavy atom. The fourth-order valence-electron chi connectivity index (χ4n) is 2.28. The van der Waals surface area contributed by atoms with Gasteiger partial charge in [-0.3, -0.25) is 4.79 Å². The molecule has 3 N–H and O–H groups in total. The first-order valence-electron chi connectivity index (χ1n) is 6.98. The number of nitrogens with one attached hydrogen (secondary N) is 1. The van der Waals surface area contributed by atoms with Gasteiger partial charge in [0.05, 0.1) is 0 Å². The van der Waals surface area contributed by atoms with Crippen molar-refractivity contribution in [3.05, 3.63) is 71.0 Å². The second kappa shape index (κ2) is 6.99. The molecule has 0 bridgehead atoms. The van der Waals surface area contributed by atoms with Gasteiger partial charge >= 0.3 is 0 Å². The first-order valence-corrected chi connectivity index (χ1v) is 6.98. The molecule has 3 nitrogen and oxygen atoms in total. The lowest BCUT2D eigenvalue weighted by molar-refractivity contribution is 0.1000. The van der Waals surface area contributed by atoms with Crippen LogP contribution in [0.25, 0.3) is 0 Å². The average Bonchev–Trinajstić information content (AvgIpc) is 2.50. The van der Waals surface area contributed by atoms with Crippen molar-refractivity contribution in [1.82, 2.24) is 5.32 Å². The maximum absolute atomic E-state index is 13.8. The highest BCUT2D eigenvalue weighted by atomic mass is 19.1. The number of amides is 1. The monoisotopic (exact) mass is 286 g/mol. The van der Waals surface area contributed by atoms with Crippen molar-refractivity contribution in [2.24, 2.45) is 5.73 Å². The molecule has 1 unspecified atom stereocenters. The first kappa shape index (κ1) is 15.2. The molecular weight excluding hydrogens is 267 g/mol. The van der Waals surface area contributed by atoms with E-state index >= 15 is 0 Å². The highest BCUT2D eigenvalue weighted by Gasteiger charge is 2.11. The molecule has 21 heavy (non-hydrogen) atoms. The number of carbonyl (C=O) groups excluding carboxylic acids is 1. The summed E-state index contributed by atoms with van der Waals surface area (Å²) in [5.41, 5.74) is 7.15. The average molecular weight is 286 g/mol. The molecule has 0 spiro atoms. The van der Waals surface area contributed by atoms with Crippen LogP contribution in [-0.2, 0) is 6.54 Å². The van der Waals surface area contributed by atoms with Gasteiger partial charge in [0.15, 0.2) is 0 Å². The summed E-state index contributed by atoms with van der Waals surface area (Å²) in [7, 11) is 0. The van der Waals surface area contributed by atoms with Crippen LogP contribution in [0.4, 0.5) is 4.39 Å². The number of halogens is 1. The molecule has 4 heteroatoms. The van der Waals surface area contributed by atoms with Gasteiger partial charge in [-0.2, -0.15) is 0 Å². The number of rotatable bonds is 6. The molecule has 1 amide bonds. The van der Waals surface area contributed by atoms with Crippen molar-refractivity contribution < 1.29 is 9.18 Å². The highest BCUT2D eigenvalue weighted by Crippen LogP contribution is 2.18. The van der Waals surface area contributed by atoms with Crippen LogP contribution < -0.4 is 11.1 Å². The van der Waals surface area contributed by atoms with E-state index in [1.165, 1.54) is 18.2 Å². The van der Waals surface area contributed by atoms with Crippen LogP contribution in [0.15, 0.2) is 48.5 Å². The van der Waals surface area contributed by atoms with Gasteiger partial charge in [0.1, 0.15) is 5.82 Å². The summed E-state index contributed by atoms with van der Waals surface area (Å²) in [5.74, 6) is -0.887. The summed E-state index contributed by atoms with van der Waals surface area (Å²) in [6, 6.07) is 14.3. The van der Waals surface area contributed by atoms with E-state index < -0.39 is 5.91 Å². The lowest BCUT2D eigenvalue weighted by Crippen LogP contribution is -2.21. The molecule has 0 heterocycles. The molecule has 0 aliphatic carbocycles. The second-order valence-electron chi connectivity index (χ2n) is 4.92. The van der Waals surface area contributed by atoms with Gasteiger partial charge in [-0.05, 0) is 30.2 Å². The molecule has 0 radical (unpaired) electrons. The van der Waals surface area contributed by atoms with Gasteiger partial charge in [0.25, 0.3) is 0 Å². The smallest absolute Gasteiger partial charge is 0.248 e. The van der Waals surface area contributed by atoms with E-state index in [9.17, 15) is 9.18 Å². The quantitative estimate of drug-likeness (QED) is 0.857. The largest absolute Gasteiger partial charge is 0.366 e. The number of hydrogen-bond acceptors (Lipinski definition) is 2. The minimum atomic E-state index is -0.550. The Labute approximate surface area is 124 Å². The summed E-state index contributed by atoms with van der Waals surface area (Å²) in [6.07, 6.45) is 0.890. The fourth-order valence-corrected chi connectivity index (χ4v) is 2.28. The molecule has 2 aromatic carbocycles. The molecule has 0 fully saturated rings. The van der Waals surface area contributed by atoms with Gasteiger partial charge in [-0.1, -0.05) is 37.3 Å². The SMILES string of the molecule is CCC(NCc1cc(C(N)=O)ccc1F)c1ccccc1. The van der Waals surface area contributed by atoms with E-state index in [2.05, 4.69) is 12.2 Å². The Morgan fingerprint density at radius 3 is 2.57 bits per heavy atom. The lowest BCUT2D eigenvalue weighted by atomic mass is 10.0. The van der Waals surface area contributed by atoms with E-state index in [1.807, 2.05) is 30.3 Å². The second-order valence-corrected chi connectivity index (χ2v) is 4.92. The maximum Gasteiger partial charge on any atom is 0.248 e. The Morgan fingerprint density at radius 1 is 1.24 bits per heavy atom. The maximum atomic E-state index is 13.8. The van der Waals surface area contributed by atoms with Crippen LogP contribution in [0.3, 0.4) is 0 Å². The summed E-state index contributed by atoms with van der Waals surface area (Å²) >= 11 is 0. The van der Waals surface area contributed by atoms with Crippen LogP contribution in [0.5, 0.6) is 0 Å². The first-order chi connectivity index (χ1) is 10.1. The number of nitrogens with two attached hydrogens (primary N) is 1. The van der Waals surface area contributed by atoms with Gasteiger partial charge in [0, 0.05) is 23.7 Å². The summed E-state index contributed by atoms with van der Waals surface area (Å²) < 4.78 is 13.8. The predicted octanol–water partition coefficient (Wildman–Crippen LogP) is 3.17. The van der Waals surface area contributed by atoms with E-state index in [4.69, 9.17) is 5.73 Å². The molecule has 0 saturated carbocycles. The predicted molar refractivity (Wildman–Crippen MR) is 81.2 cm³/mol. The van der Waals surface area contributed by atoms with Gasteiger partial charge in [-0.25, -0.2) is 4.39 Å². The van der Waals surface area contributed by atoms with Crippen molar-refractivity contribution in [2.45, 2.75) is 25.9 Å². The molecular formula is C17H19FN2O. The summed E-state index contributed by atoms with van der Waals surface area (Å²) in [5, 5.41) is 3.32. The van der Waals surface area contributed by atoms with Crippen LogP contribution in [0.2, 0.25) is 0 Å². The number of hydrogen-bond donors (Lipinski definition) is 2. The summed E-state index contributed by atoms with van der Waals surface area (Å²) in [6.45, 7) is 2.42. The summed E-state index contributed by atoms with van der Waals surface area (Å²) in [4.78, 5) is 11.2. The molecule has 0 aromatic heterocycles. The zero-order valence-electron chi connectivity index (χ0n) is 12.0. The molecule has 2 aromatic rings. The standard InChI is InChI=1S/C17H19FN2O/c1-2-16(12-6-4-3-5-7-12)20-11-14-10-13(17(19)21)8-9-15(14)18/h3-10,16,20H,2,11H2,1H3,(H2,19,21). The zero-order valence-corrected chi connectivity index (χ0v) is 12.0. The molecule has 1 atom stereocenters. The molecule has 0 saturated heterocycles. The van der Waals surface area contributed by atoms with E-state index in [0.29, 0.717) is 17.7 Å². The van der Waals surface area contributed by atoms with Crippen molar-refractivity contribution >= 4 is 5.91 Å². The number of carbonyl (C=O) groups is 1. The Kier molecular flexibility index (Phi) is 5.06. The minimum Gasteiger partial charge on any atom is -0.366 e. The van der Waals surface area contributed by atoms with Gasteiger partial charge in [-0.15, -0.1) is 0 Å². The van der Waals surface area contributed by atoms with Gasteiger partial charge < -0.3 is 11.1 Å². The van der Waals surface area contributed by atoms with Crippen molar-refractivity contribution in [3.63, 3.8) is 0 Å². The third-order valence-corrected chi connectivity index (χ3v) is 3.48. The van der Waals surface area contributed by atoms with Crippen molar-refractivity contribution in [2.75, 3.05) is 0 Å². The zero-order chi connectivity index (χ0) is 15.2. The lowest BCUT2D eigenvalue weighted by Gasteiger charge is -2.18. The van der Waals surface area contributed by atoms with E-state index in [0.717, 1.165) is 12.0 Å². The number of primary amides is 1. The van der Waals surface area contributed by atoms with Crippen molar-refractivity contribution in [3.8, 4) is 0 Å². The number of benzene rings is 2. The van der Waals surface area contributed by atoms with Crippen molar-refractivity contribution in [1.29, 1.82) is 0 Å². The third kappa shape index (κ3) is 3.89. The topological polar surface area (TPSA) is 55.1 Å². The Bertz CT molecular complexity index is 613. The molecule has 110 valence electrons. The van der Waals surface area contributed by atoms with E-state index in [-0.39, 0.29) is 11.9 Å². The minimum absolute atomic E-state index is 0.142. The van der Waals surface area contributed by atoms with E-state index in [1.54, 1.807) is 0 Å². The Hall–Kier alpha value is -2.20. The fraction of sp³-hybridized carbons (Fsp3) is 0.235. The van der Waals surface area contributed by atoms with Crippen LogP contribution in [0, 0.1) is 5.82 Å².